The third-order valence-corrected chi connectivity index (χ3v) is 11.7. The van der Waals surface area contributed by atoms with Gasteiger partial charge in [-0.15, -0.1) is 0 Å². The Balaban J connectivity index is 0.00000144. The van der Waals surface area contributed by atoms with E-state index in [0.29, 0.717) is 0 Å². The number of hydrogen-bond donors (Lipinski definition) is 0. The summed E-state index contributed by atoms with van der Waals surface area (Å²) in [7, 11) is 2.96. The van der Waals surface area contributed by atoms with Gasteiger partial charge in [0.05, 0.1) is 0 Å². The Hall–Kier alpha value is -2.74. The van der Waals surface area contributed by atoms with E-state index in [9.17, 15) is 0 Å². The van der Waals surface area contributed by atoms with Crippen molar-refractivity contribution < 1.29 is 38.6 Å². The Morgan fingerprint density at radius 1 is 0.457 bits per heavy atom. The minimum Gasteiger partial charge on any atom is 2.00 e. The van der Waals surface area contributed by atoms with Crippen molar-refractivity contribution in [2.24, 2.45) is 4.99 Å². The minimum atomic E-state index is -0.767. The van der Waals surface area contributed by atoms with E-state index in [1.165, 1.54) is 31.8 Å². The van der Waals surface area contributed by atoms with Crippen molar-refractivity contribution in [1.29, 1.82) is 0 Å². The van der Waals surface area contributed by atoms with Gasteiger partial charge in [0.2, 0.25) is 0 Å². The molecule has 0 fully saturated rings. The van der Waals surface area contributed by atoms with Crippen LogP contribution in [0.1, 0.15) is 0 Å². The summed E-state index contributed by atoms with van der Waals surface area (Å²) in [4.78, 5) is 4.95. The van der Waals surface area contributed by atoms with Gasteiger partial charge in [0.15, 0.2) is 0 Å². The van der Waals surface area contributed by atoms with Crippen molar-refractivity contribution in [3.63, 3.8) is 0 Å². The molecule has 0 amide bonds. The van der Waals surface area contributed by atoms with E-state index < -0.39 is 15.8 Å². The predicted molar refractivity (Wildman–Crippen MR) is 200 cm³/mol. The number of rotatable bonds is 9. The molecule has 0 aliphatic carbocycles. The molecule has 46 heavy (non-hydrogen) atoms. The Kier molecular flexibility index (Phi) is 18.2. The van der Waals surface area contributed by atoms with Gasteiger partial charge >= 0.3 is 48.1 Å². The van der Waals surface area contributed by atoms with Crippen LogP contribution in [0.15, 0.2) is 175 Å². The predicted octanol–water partition coefficient (Wildman–Crippen LogP) is 9.15. The molecule has 0 unspecified atom stereocenters. The van der Waals surface area contributed by atoms with Crippen molar-refractivity contribution in [3.8, 4) is 0 Å². The summed E-state index contributed by atoms with van der Waals surface area (Å²) in [6, 6.07) is 59.9. The average molecular weight is 842 g/mol. The van der Waals surface area contributed by atoms with E-state index in [2.05, 4.69) is 198 Å². The van der Waals surface area contributed by atoms with Gasteiger partial charge in [0.1, 0.15) is 0 Å². The Bertz CT molecular complexity index is 1650. The molecule has 0 aromatic heterocycles. The minimum absolute atomic E-state index is 0. The molecule has 6 rings (SSSR count). The van der Waals surface area contributed by atoms with Crippen LogP contribution in [0.5, 0.6) is 0 Å². The van der Waals surface area contributed by atoms with E-state index >= 15 is 0 Å². The molecule has 0 saturated heterocycles. The Morgan fingerprint density at radius 3 is 1.22 bits per heavy atom. The quantitative estimate of drug-likeness (QED) is 0.0457. The number of para-hydroxylation sites is 2. The molecule has 0 heterocycles. The van der Waals surface area contributed by atoms with Crippen LogP contribution in [-0.2, 0) is 38.6 Å². The van der Waals surface area contributed by atoms with Crippen molar-refractivity contribution in [2.45, 2.75) is 0 Å². The van der Waals surface area contributed by atoms with Gasteiger partial charge in [0.25, 0.3) is 0 Å². The number of hydrogen-bond acceptors (Lipinski definition) is 1. The average Bonchev–Trinajstić information content (AvgIpc) is 3.09. The standard InChI is InChI=1S/C37H29N2P2.2CH3.ClH.2Pd/c1-5-17-30(18-6-1)40(31-19-7-2-8-20-31)36-27-15-13-25-34(36)38-29-39-35-26-14-16-28-37(35)41(32-21-9-3-10-22-32)33-23-11-4-12-24-33;;;;;/h1-29H;2*1H3;1H;;/q3*-1;;2*+2/p-1. The fraction of sp³-hybridized carbons (Fsp3) is 0. The molecule has 0 bridgehead atoms. The fourth-order valence-electron chi connectivity index (χ4n) is 4.84. The first kappa shape index (κ1) is 39.4. The third kappa shape index (κ3) is 10.1. The number of nitrogens with zero attached hydrogens (tertiary/aromatic N) is 2. The summed E-state index contributed by atoms with van der Waals surface area (Å²) in [6.45, 7) is 0. The van der Waals surface area contributed by atoms with Crippen LogP contribution in [0.25, 0.3) is 5.32 Å². The van der Waals surface area contributed by atoms with E-state index in [-0.39, 0.29) is 35.3 Å². The normalized spacial score (nSPS) is 10.2. The molecular formula is C39H35ClN2P2Pd2. The first-order valence-electron chi connectivity index (χ1n) is 13.7. The maximum Gasteiger partial charge on any atom is 2.00 e. The zero-order valence-corrected chi connectivity index (χ0v) is 31.2. The van der Waals surface area contributed by atoms with E-state index in [1.807, 2.05) is 0 Å². The second-order valence-electron chi connectivity index (χ2n) is 9.36. The van der Waals surface area contributed by atoms with Gasteiger partial charge in [-0.2, -0.15) is 0 Å². The van der Waals surface area contributed by atoms with Gasteiger partial charge in [-0.25, -0.2) is 0 Å². The van der Waals surface area contributed by atoms with Crippen molar-refractivity contribution in [3.05, 3.63) is 190 Å². The molecule has 0 radical (unpaired) electrons. The zero-order valence-electron chi connectivity index (χ0n) is 25.5. The molecule has 6 aromatic rings. The van der Waals surface area contributed by atoms with Crippen LogP contribution in [0, 0.1) is 14.9 Å². The Morgan fingerprint density at radius 2 is 0.783 bits per heavy atom. The zero-order chi connectivity index (χ0) is 29.7. The summed E-state index contributed by atoms with van der Waals surface area (Å²) >= 11 is 2.22. The monoisotopic (exact) mass is 840 g/mol. The summed E-state index contributed by atoms with van der Waals surface area (Å²) in [6.07, 6.45) is 1.73. The van der Waals surface area contributed by atoms with Gasteiger partial charge in [0, 0.05) is 0 Å². The summed E-state index contributed by atoms with van der Waals surface area (Å²) < 4.78 is 0. The van der Waals surface area contributed by atoms with E-state index in [0.717, 1.165) is 11.4 Å². The molecular weight excluding hydrogens is 807 g/mol. The topological polar surface area (TPSA) is 26.5 Å². The molecule has 0 saturated carbocycles. The van der Waals surface area contributed by atoms with Crippen LogP contribution in [0.4, 0.5) is 11.4 Å². The van der Waals surface area contributed by atoms with Crippen LogP contribution in [0.2, 0.25) is 0 Å². The maximum absolute atomic E-state index is 4.95. The number of halogens is 1. The first-order valence-corrected chi connectivity index (χ1v) is 18.4. The van der Waals surface area contributed by atoms with Crippen LogP contribution < -0.4 is 31.8 Å². The second-order valence-corrected chi connectivity index (χ2v) is 13.7. The van der Waals surface area contributed by atoms with Gasteiger partial charge < -0.3 is 25.2 Å². The fourth-order valence-corrected chi connectivity index (χ4v) is 9.62. The van der Waals surface area contributed by atoms with Gasteiger partial charge in [-0.1, -0.05) is 176 Å². The third-order valence-electron chi connectivity index (χ3n) is 6.70. The molecule has 0 spiro atoms. The SMILES string of the molecule is C(=Nc1ccccc1P(c1ccccc1)c1ccccc1)[N-]c1ccccc1P(c1ccccc1)c1ccccc1.[CH3-].[CH3-].[Cl][Pd+].[Pd+2]. The first-order chi connectivity index (χ1) is 21.4. The smallest absolute Gasteiger partial charge is 2.00 e. The molecule has 6 aromatic carbocycles. The molecule has 0 atom stereocenters. The molecule has 7 heteroatoms. The Labute approximate surface area is 306 Å². The van der Waals surface area contributed by atoms with E-state index in [4.69, 9.17) is 10.3 Å². The largest absolute Gasteiger partial charge is 2.00 e. The van der Waals surface area contributed by atoms with E-state index in [1.54, 1.807) is 6.34 Å². The summed E-state index contributed by atoms with van der Waals surface area (Å²) in [5, 5.41) is 12.6. The van der Waals surface area contributed by atoms with Crippen molar-refractivity contribution in [2.75, 3.05) is 0 Å². The molecule has 0 N–H and O–H groups in total. The van der Waals surface area contributed by atoms with Crippen LogP contribution >= 0.6 is 25.4 Å². The molecule has 0 aliphatic rings. The second kappa shape index (κ2) is 21.2. The molecule has 238 valence electrons. The van der Waals surface area contributed by atoms with Crippen molar-refractivity contribution in [1.82, 2.24) is 0 Å². The van der Waals surface area contributed by atoms with Gasteiger partial charge in [-0.3, -0.25) is 0 Å². The number of aliphatic imine (C=N–C) groups is 1. The molecule has 2 nitrogen and oxygen atoms in total. The summed E-state index contributed by atoms with van der Waals surface area (Å²) in [5.74, 6) is 0. The van der Waals surface area contributed by atoms with Gasteiger partial charge in [-0.05, 0) is 59.0 Å². The van der Waals surface area contributed by atoms with Crippen LogP contribution in [0.3, 0.4) is 0 Å². The molecule has 0 aliphatic heterocycles. The number of benzene rings is 6. The van der Waals surface area contributed by atoms with Crippen LogP contribution in [-0.4, -0.2) is 6.34 Å². The van der Waals surface area contributed by atoms with Crippen molar-refractivity contribution >= 4 is 74.9 Å². The maximum atomic E-state index is 4.95. The summed E-state index contributed by atoms with van der Waals surface area (Å²) in [5.41, 5.74) is 1.89.